The molecule has 0 atom stereocenters. The topological polar surface area (TPSA) is 71.9 Å². The van der Waals surface area contributed by atoms with Crippen molar-refractivity contribution in [3.8, 4) is 34.3 Å². The number of carbonyl (C=O) groups is 1. The van der Waals surface area contributed by atoms with Gasteiger partial charge in [0, 0.05) is 64.6 Å². The van der Waals surface area contributed by atoms with Crippen LogP contribution in [0.4, 0.5) is 32.0 Å². The molecule has 0 spiro atoms. The zero-order valence-corrected chi connectivity index (χ0v) is 24.7. The summed E-state index contributed by atoms with van der Waals surface area (Å²) < 4.78 is 80.2. The zero-order valence-electron chi connectivity index (χ0n) is 22.4. The number of pyridine rings is 1. The SMILES string of the molecule is CN(C)c1ccnc(-c2[c-]cc(Oc3ccccc3)cc2Oc2ccccc2)c1.O=C(/C=C(\O)C(F)(F)F)C(F)(F)F.[Pt]. The van der Waals surface area contributed by atoms with Crippen molar-refractivity contribution in [3.05, 3.63) is 109 Å². The van der Waals surface area contributed by atoms with Gasteiger partial charge in [-0.25, -0.2) is 0 Å². The van der Waals surface area contributed by atoms with Gasteiger partial charge in [0.25, 0.3) is 5.78 Å². The van der Waals surface area contributed by atoms with Crippen LogP contribution in [0.5, 0.6) is 23.0 Å². The van der Waals surface area contributed by atoms with E-state index in [2.05, 4.69) is 11.1 Å². The second-order valence-corrected chi connectivity index (χ2v) is 8.59. The number of nitrogens with zero attached hydrogens (tertiary/aromatic N) is 2. The summed E-state index contributed by atoms with van der Waals surface area (Å²) in [4.78, 5) is 16.4. The predicted molar refractivity (Wildman–Crippen MR) is 144 cm³/mol. The number of rotatable bonds is 7. The fourth-order valence-corrected chi connectivity index (χ4v) is 3.16. The number of benzene rings is 3. The minimum atomic E-state index is -5.42. The molecule has 1 aromatic heterocycles. The smallest absolute Gasteiger partial charge is 0.454 e. The summed E-state index contributed by atoms with van der Waals surface area (Å²) in [5.41, 5.74) is 2.62. The summed E-state index contributed by atoms with van der Waals surface area (Å²) in [5.74, 6) is -2.56. The molecule has 0 unspecified atom stereocenters. The van der Waals surface area contributed by atoms with Crippen molar-refractivity contribution in [2.24, 2.45) is 0 Å². The van der Waals surface area contributed by atoms with Gasteiger partial charge in [0.05, 0.1) is 0 Å². The van der Waals surface area contributed by atoms with E-state index in [0.717, 1.165) is 28.4 Å². The number of aromatic nitrogens is 1. The summed E-state index contributed by atoms with van der Waals surface area (Å²) in [6, 6.07) is 30.3. The Balaban J connectivity index is 0.000000394. The van der Waals surface area contributed by atoms with E-state index >= 15 is 0 Å². The molecule has 0 saturated heterocycles. The van der Waals surface area contributed by atoms with Gasteiger partial charge in [-0.05, 0) is 36.0 Å². The van der Waals surface area contributed by atoms with Crippen LogP contribution in [0, 0.1) is 6.07 Å². The standard InChI is InChI=1S/C25H21N2O2.C5H2F6O2.Pt/c1-27(2)19-15-16-26-24(17-19)23-14-13-22(28-20-9-5-3-6-10-20)18-25(23)29-21-11-7-4-8-12-21;6-4(7,8)2(12)1-3(13)5(9,10)11;/h3-13,15-18H,1-2H3;1,12H;/q-1;;/b;2-1-;. The second kappa shape index (κ2) is 15.2. The number of anilines is 1. The molecule has 0 radical (unpaired) electrons. The number of hydrogen-bond acceptors (Lipinski definition) is 6. The largest absolute Gasteiger partial charge is 0.504 e. The molecule has 3 aromatic carbocycles. The van der Waals surface area contributed by atoms with Crippen LogP contribution in [0.2, 0.25) is 0 Å². The molecule has 1 N–H and O–H groups in total. The number of aliphatic hydroxyl groups excluding tert-OH is 1. The first-order chi connectivity index (χ1) is 19.7. The molecule has 230 valence electrons. The minimum absolute atomic E-state index is 0. The van der Waals surface area contributed by atoms with Gasteiger partial charge in [0.2, 0.25) is 5.76 Å². The quantitative estimate of drug-likeness (QED) is 0.0881. The van der Waals surface area contributed by atoms with E-state index in [-0.39, 0.29) is 21.1 Å². The molecule has 1 heterocycles. The number of aliphatic hydroxyl groups is 1. The summed E-state index contributed by atoms with van der Waals surface area (Å²) >= 11 is 0. The van der Waals surface area contributed by atoms with E-state index in [1.807, 2.05) is 104 Å². The number of ketones is 1. The van der Waals surface area contributed by atoms with Crippen molar-refractivity contribution < 1.29 is 66.8 Å². The van der Waals surface area contributed by atoms with Crippen molar-refractivity contribution in [1.82, 2.24) is 4.98 Å². The molecular weight excluding hydrogens is 761 g/mol. The maximum absolute atomic E-state index is 11.4. The van der Waals surface area contributed by atoms with E-state index in [1.54, 1.807) is 6.20 Å². The Morgan fingerprint density at radius 2 is 1.40 bits per heavy atom. The summed E-state index contributed by atoms with van der Waals surface area (Å²) in [5, 5.41) is 7.93. The van der Waals surface area contributed by atoms with Crippen LogP contribution in [0.15, 0.2) is 103 Å². The number of carbonyl (C=O) groups excluding carboxylic acids is 1. The number of hydrogen-bond donors (Lipinski definition) is 1. The van der Waals surface area contributed by atoms with E-state index in [1.165, 1.54) is 0 Å². The molecule has 0 aliphatic heterocycles. The average Bonchev–Trinajstić information content (AvgIpc) is 2.94. The van der Waals surface area contributed by atoms with Gasteiger partial charge in [0.15, 0.2) is 0 Å². The first-order valence-corrected chi connectivity index (χ1v) is 12.0. The Bertz CT molecular complexity index is 1510. The van der Waals surface area contributed by atoms with Crippen molar-refractivity contribution in [2.45, 2.75) is 12.4 Å². The number of allylic oxidation sites excluding steroid dienone is 2. The fourth-order valence-electron chi connectivity index (χ4n) is 3.16. The monoisotopic (exact) mass is 784 g/mol. The number of ether oxygens (including phenoxy) is 2. The van der Waals surface area contributed by atoms with Crippen molar-refractivity contribution in [2.75, 3.05) is 19.0 Å². The van der Waals surface area contributed by atoms with Gasteiger partial charge in [-0.15, -0.1) is 12.1 Å². The third-order valence-electron chi connectivity index (χ3n) is 5.18. The van der Waals surface area contributed by atoms with Gasteiger partial charge in [-0.1, -0.05) is 54.1 Å². The zero-order chi connectivity index (χ0) is 30.9. The van der Waals surface area contributed by atoms with Gasteiger partial charge in [0.1, 0.15) is 11.5 Å². The van der Waals surface area contributed by atoms with Crippen LogP contribution in [0.25, 0.3) is 11.3 Å². The Hall–Kier alpha value is -4.31. The van der Waals surface area contributed by atoms with Gasteiger partial charge < -0.3 is 24.5 Å². The van der Waals surface area contributed by atoms with Crippen LogP contribution in [-0.2, 0) is 25.9 Å². The molecule has 0 aliphatic rings. The van der Waals surface area contributed by atoms with Crippen LogP contribution in [0.3, 0.4) is 0 Å². The number of para-hydroxylation sites is 2. The minimum Gasteiger partial charge on any atom is -0.504 e. The molecular formula is C30H23F6N2O4Pt-. The van der Waals surface area contributed by atoms with E-state index < -0.39 is 30.0 Å². The first kappa shape index (κ1) is 34.9. The van der Waals surface area contributed by atoms with Gasteiger partial charge in [-0.2, -0.15) is 26.3 Å². The van der Waals surface area contributed by atoms with E-state index in [4.69, 9.17) is 14.6 Å². The normalized spacial score (nSPS) is 11.4. The van der Waals surface area contributed by atoms with Gasteiger partial charge >= 0.3 is 12.4 Å². The molecule has 13 heteroatoms. The Labute approximate surface area is 257 Å². The van der Waals surface area contributed by atoms with Crippen molar-refractivity contribution in [3.63, 3.8) is 0 Å². The maximum Gasteiger partial charge on any atom is 0.454 e. The van der Waals surface area contributed by atoms with Crippen molar-refractivity contribution >= 4 is 11.5 Å². The molecule has 4 aromatic rings. The molecule has 0 aliphatic carbocycles. The van der Waals surface area contributed by atoms with Crippen LogP contribution in [0.1, 0.15) is 0 Å². The summed E-state index contributed by atoms with van der Waals surface area (Å²) in [6.45, 7) is 0. The average molecular weight is 785 g/mol. The third kappa shape index (κ3) is 10.8. The molecule has 0 amide bonds. The number of alkyl halides is 6. The summed E-state index contributed by atoms with van der Waals surface area (Å²) in [7, 11) is 4.00. The first-order valence-electron chi connectivity index (χ1n) is 12.0. The van der Waals surface area contributed by atoms with E-state index in [9.17, 15) is 31.1 Å². The second-order valence-electron chi connectivity index (χ2n) is 8.59. The summed E-state index contributed by atoms with van der Waals surface area (Å²) in [6.07, 6.45) is -9.89. The van der Waals surface area contributed by atoms with Gasteiger partial charge in [-0.3, -0.25) is 4.79 Å². The molecule has 0 fully saturated rings. The molecule has 6 nitrogen and oxygen atoms in total. The maximum atomic E-state index is 11.4. The molecule has 4 rings (SSSR count). The number of halogens is 6. The fraction of sp³-hybridized carbons (Fsp3) is 0.133. The van der Waals surface area contributed by atoms with Crippen LogP contribution < -0.4 is 14.4 Å². The van der Waals surface area contributed by atoms with E-state index in [0.29, 0.717) is 11.5 Å². The Morgan fingerprint density at radius 1 is 0.837 bits per heavy atom. The van der Waals surface area contributed by atoms with Crippen LogP contribution >= 0.6 is 0 Å². The Kier molecular flexibility index (Phi) is 12.4. The molecule has 0 bridgehead atoms. The molecule has 0 saturated carbocycles. The predicted octanol–water partition coefficient (Wildman–Crippen LogP) is 8.32. The van der Waals surface area contributed by atoms with Crippen molar-refractivity contribution in [1.29, 1.82) is 0 Å². The van der Waals surface area contributed by atoms with Crippen LogP contribution in [-0.4, -0.2) is 42.3 Å². The Morgan fingerprint density at radius 3 is 1.91 bits per heavy atom. The molecule has 43 heavy (non-hydrogen) atoms. The third-order valence-corrected chi connectivity index (χ3v) is 5.18.